The van der Waals surface area contributed by atoms with Crippen molar-refractivity contribution in [2.24, 2.45) is 0 Å². The lowest BCUT2D eigenvalue weighted by atomic mass is 9.94. The zero-order valence-corrected chi connectivity index (χ0v) is 20.5. The first kappa shape index (κ1) is 23.9. The molecule has 6 nitrogen and oxygen atoms in total. The molecule has 1 aliphatic rings. The van der Waals surface area contributed by atoms with Crippen LogP contribution in [0.2, 0.25) is 0 Å². The van der Waals surface area contributed by atoms with Gasteiger partial charge in [0.15, 0.2) is 5.11 Å². The molecule has 1 aromatic heterocycles. The topological polar surface area (TPSA) is 63.4 Å². The minimum absolute atomic E-state index is 0.257. The van der Waals surface area contributed by atoms with Crippen molar-refractivity contribution in [3.63, 3.8) is 0 Å². The Balaban J connectivity index is 1.74. The van der Waals surface area contributed by atoms with Gasteiger partial charge in [-0.25, -0.2) is 4.39 Å². The molecule has 0 spiro atoms. The van der Waals surface area contributed by atoms with Gasteiger partial charge in [0.25, 0.3) is 5.89 Å². The monoisotopic (exact) mass is 480 g/mol. The van der Waals surface area contributed by atoms with E-state index in [0.29, 0.717) is 29.0 Å². The number of unbranched alkanes of at least 4 members (excludes halogenated alkanes) is 2. The Labute approximate surface area is 204 Å². The summed E-state index contributed by atoms with van der Waals surface area (Å²) in [6, 6.07) is 13.7. The molecule has 3 aromatic rings. The Hall–Kier alpha value is -3.26. The van der Waals surface area contributed by atoms with Crippen molar-refractivity contribution in [2.45, 2.75) is 46.1 Å². The highest BCUT2D eigenvalue weighted by Gasteiger charge is 2.33. The highest BCUT2D eigenvalue weighted by Crippen LogP contribution is 2.38. The molecule has 4 rings (SSSR count). The molecule has 2 aromatic carbocycles. The van der Waals surface area contributed by atoms with Gasteiger partial charge in [0.05, 0.1) is 18.2 Å². The number of hydrogen-bond acceptors (Lipinski definition) is 5. The number of rotatable bonds is 9. The Morgan fingerprint density at radius 2 is 1.82 bits per heavy atom. The standard InChI is InChI=1S/C26H29FN4O2S/c1-4-6-7-16-31-17(3)22(25-29-24(30-33-25)19-8-12-20(27)13-9-19)23(28-26(31)34)18-10-14-21(15-11-18)32-5-2/h8-15,23H,4-7,16H2,1-3H3,(H,28,34). The number of aromatic nitrogens is 2. The van der Waals surface area contributed by atoms with Gasteiger partial charge in [-0.15, -0.1) is 0 Å². The molecular weight excluding hydrogens is 451 g/mol. The summed E-state index contributed by atoms with van der Waals surface area (Å²) in [4.78, 5) is 6.77. The maximum absolute atomic E-state index is 13.4. The molecule has 2 heterocycles. The fourth-order valence-electron chi connectivity index (χ4n) is 4.07. The highest BCUT2D eigenvalue weighted by atomic mass is 32.1. The van der Waals surface area contributed by atoms with Crippen LogP contribution < -0.4 is 10.1 Å². The van der Waals surface area contributed by atoms with Crippen molar-refractivity contribution in [1.82, 2.24) is 20.4 Å². The molecule has 8 heteroatoms. The van der Waals surface area contributed by atoms with E-state index in [2.05, 4.69) is 27.3 Å². The fourth-order valence-corrected chi connectivity index (χ4v) is 4.42. The van der Waals surface area contributed by atoms with Crippen LogP contribution in [-0.4, -0.2) is 33.3 Å². The first-order valence-electron chi connectivity index (χ1n) is 11.6. The number of thiocarbonyl (C=S) groups is 1. The minimum Gasteiger partial charge on any atom is -0.494 e. The molecule has 0 fully saturated rings. The predicted molar refractivity (Wildman–Crippen MR) is 135 cm³/mol. The van der Waals surface area contributed by atoms with Gasteiger partial charge in [0, 0.05) is 17.8 Å². The number of halogens is 1. The minimum atomic E-state index is -0.311. The second kappa shape index (κ2) is 10.8. The van der Waals surface area contributed by atoms with E-state index < -0.39 is 0 Å². The van der Waals surface area contributed by atoms with Gasteiger partial charge >= 0.3 is 0 Å². The average Bonchev–Trinajstić information content (AvgIpc) is 3.32. The zero-order chi connectivity index (χ0) is 24.1. The third-order valence-corrected chi connectivity index (χ3v) is 6.20. The molecule has 1 unspecified atom stereocenters. The summed E-state index contributed by atoms with van der Waals surface area (Å²) in [6.45, 7) is 7.59. The average molecular weight is 481 g/mol. The van der Waals surface area contributed by atoms with E-state index in [9.17, 15) is 4.39 Å². The van der Waals surface area contributed by atoms with E-state index >= 15 is 0 Å². The second-order valence-corrected chi connectivity index (χ2v) is 8.56. The van der Waals surface area contributed by atoms with Gasteiger partial charge in [-0.1, -0.05) is 37.1 Å². The first-order valence-corrected chi connectivity index (χ1v) is 12.0. The molecule has 0 radical (unpaired) electrons. The maximum atomic E-state index is 13.4. The third kappa shape index (κ3) is 5.12. The van der Waals surface area contributed by atoms with Crippen molar-refractivity contribution in [3.8, 4) is 17.1 Å². The van der Waals surface area contributed by atoms with E-state index in [0.717, 1.165) is 48.4 Å². The van der Waals surface area contributed by atoms with Gasteiger partial charge in [-0.2, -0.15) is 4.98 Å². The largest absolute Gasteiger partial charge is 0.494 e. The normalized spacial score (nSPS) is 16.1. The molecule has 0 amide bonds. The number of allylic oxidation sites excluding steroid dienone is 1. The van der Waals surface area contributed by atoms with Crippen LogP contribution in [0.15, 0.2) is 58.8 Å². The number of hydrogen-bond donors (Lipinski definition) is 1. The Morgan fingerprint density at radius 3 is 2.50 bits per heavy atom. The summed E-state index contributed by atoms with van der Waals surface area (Å²) in [5, 5.41) is 8.32. The van der Waals surface area contributed by atoms with E-state index in [1.807, 2.05) is 38.1 Å². The van der Waals surface area contributed by atoms with Crippen LogP contribution in [0.4, 0.5) is 4.39 Å². The number of benzene rings is 2. The second-order valence-electron chi connectivity index (χ2n) is 8.17. The van der Waals surface area contributed by atoms with Gasteiger partial charge in [-0.05, 0) is 74.4 Å². The predicted octanol–water partition coefficient (Wildman–Crippen LogP) is 6.13. The van der Waals surface area contributed by atoms with Gasteiger partial charge in [-0.3, -0.25) is 0 Å². The lowest BCUT2D eigenvalue weighted by Crippen LogP contribution is -2.46. The lowest BCUT2D eigenvalue weighted by Gasteiger charge is -2.37. The van der Waals surface area contributed by atoms with Crippen molar-refractivity contribution in [3.05, 3.63) is 71.5 Å². The maximum Gasteiger partial charge on any atom is 0.258 e. The molecule has 1 atom stereocenters. The molecular formula is C26H29FN4O2S. The molecule has 34 heavy (non-hydrogen) atoms. The Kier molecular flexibility index (Phi) is 7.57. The van der Waals surface area contributed by atoms with Gasteiger partial charge in [0.2, 0.25) is 5.82 Å². The van der Waals surface area contributed by atoms with E-state index in [1.54, 1.807) is 12.1 Å². The summed E-state index contributed by atoms with van der Waals surface area (Å²) >= 11 is 5.75. The Morgan fingerprint density at radius 1 is 1.09 bits per heavy atom. The van der Waals surface area contributed by atoms with E-state index in [-0.39, 0.29) is 11.9 Å². The van der Waals surface area contributed by atoms with E-state index in [4.69, 9.17) is 21.5 Å². The summed E-state index contributed by atoms with van der Waals surface area (Å²) < 4.78 is 24.7. The van der Waals surface area contributed by atoms with Crippen molar-refractivity contribution >= 4 is 22.9 Å². The number of ether oxygens (including phenoxy) is 1. The molecule has 178 valence electrons. The lowest BCUT2D eigenvalue weighted by molar-refractivity contribution is 0.340. The fraction of sp³-hybridized carbons (Fsp3) is 0.346. The highest BCUT2D eigenvalue weighted by molar-refractivity contribution is 7.80. The molecule has 0 saturated carbocycles. The van der Waals surface area contributed by atoms with Crippen LogP contribution in [0, 0.1) is 5.82 Å². The quantitative estimate of drug-likeness (QED) is 0.292. The van der Waals surface area contributed by atoms with Gasteiger partial charge in [0.1, 0.15) is 11.6 Å². The SMILES string of the molecule is CCCCCN1C(=S)NC(c2ccc(OCC)cc2)C(c2nc(-c3ccc(F)cc3)no2)=C1C. The third-order valence-electron chi connectivity index (χ3n) is 5.86. The zero-order valence-electron chi connectivity index (χ0n) is 19.7. The number of nitrogens with zero attached hydrogens (tertiary/aromatic N) is 3. The smallest absolute Gasteiger partial charge is 0.258 e. The van der Waals surface area contributed by atoms with Crippen LogP contribution in [0.1, 0.15) is 57.5 Å². The summed E-state index contributed by atoms with van der Waals surface area (Å²) in [7, 11) is 0. The summed E-state index contributed by atoms with van der Waals surface area (Å²) in [5.41, 5.74) is 3.55. The summed E-state index contributed by atoms with van der Waals surface area (Å²) in [5.74, 6) is 1.32. The van der Waals surface area contributed by atoms with Crippen molar-refractivity contribution < 1.29 is 13.7 Å². The van der Waals surface area contributed by atoms with Crippen LogP contribution in [-0.2, 0) is 0 Å². The van der Waals surface area contributed by atoms with Crippen molar-refractivity contribution in [2.75, 3.05) is 13.2 Å². The summed E-state index contributed by atoms with van der Waals surface area (Å²) in [6.07, 6.45) is 3.28. The molecule has 1 aliphatic heterocycles. The van der Waals surface area contributed by atoms with Gasteiger partial charge < -0.3 is 19.5 Å². The van der Waals surface area contributed by atoms with Crippen LogP contribution in [0.25, 0.3) is 17.0 Å². The molecule has 1 N–H and O–H groups in total. The molecule has 0 aliphatic carbocycles. The first-order chi connectivity index (χ1) is 16.5. The number of nitrogens with one attached hydrogen (secondary N) is 1. The molecule has 0 bridgehead atoms. The van der Waals surface area contributed by atoms with Crippen LogP contribution >= 0.6 is 12.2 Å². The molecule has 0 saturated heterocycles. The Bertz CT molecular complexity index is 1160. The van der Waals surface area contributed by atoms with E-state index in [1.165, 1.54) is 12.1 Å². The van der Waals surface area contributed by atoms with Crippen LogP contribution in [0.3, 0.4) is 0 Å². The van der Waals surface area contributed by atoms with Crippen LogP contribution in [0.5, 0.6) is 5.75 Å². The van der Waals surface area contributed by atoms with Crippen molar-refractivity contribution in [1.29, 1.82) is 0 Å².